The van der Waals surface area contributed by atoms with E-state index < -0.39 is 0 Å². The lowest BCUT2D eigenvalue weighted by atomic mass is 10.1. The fraction of sp³-hybridized carbons (Fsp3) is 0.533. The average molecular weight is 371 g/mol. The molecule has 2 fully saturated rings. The predicted octanol–water partition coefficient (Wildman–Crippen LogP) is 0.710. The second-order valence-corrected chi connectivity index (χ2v) is 6.89. The third-order valence-corrected chi connectivity index (χ3v) is 5.07. The van der Waals surface area contributed by atoms with Crippen LogP contribution in [0.1, 0.15) is 5.56 Å². The van der Waals surface area contributed by atoms with E-state index in [2.05, 4.69) is 31.7 Å². The number of hydrogen-bond donors (Lipinski definition) is 2. The van der Waals surface area contributed by atoms with E-state index in [-0.39, 0.29) is 22.6 Å². The summed E-state index contributed by atoms with van der Waals surface area (Å²) in [7, 11) is 0. The Bertz CT molecular complexity index is 536. The van der Waals surface area contributed by atoms with Crippen LogP contribution in [0.3, 0.4) is 0 Å². The molecule has 2 atom stereocenters. The summed E-state index contributed by atoms with van der Waals surface area (Å²) in [6.45, 7) is 4.25. The zero-order chi connectivity index (χ0) is 15.5. The normalized spacial score (nSPS) is 26.4. The van der Waals surface area contributed by atoms with Crippen LogP contribution in [0.15, 0.2) is 24.3 Å². The number of amides is 1. The molecule has 2 N–H and O–H groups in total. The highest BCUT2D eigenvalue weighted by Gasteiger charge is 2.35. The standard InChI is InChI=1S/C15H20BrFN4O/c16-12-9-18-19-14(12)15(22)21-7-5-20(6-8-21)10-11-3-1-2-4-13(11)17/h1-4,12,14,18-19H,5-10H2. The van der Waals surface area contributed by atoms with Gasteiger partial charge in [0.15, 0.2) is 0 Å². The first kappa shape index (κ1) is 15.9. The van der Waals surface area contributed by atoms with Gasteiger partial charge in [0.25, 0.3) is 0 Å². The van der Waals surface area contributed by atoms with Crippen LogP contribution < -0.4 is 10.9 Å². The molecule has 2 aliphatic heterocycles. The summed E-state index contributed by atoms with van der Waals surface area (Å²) in [5, 5.41) is 0. The highest BCUT2D eigenvalue weighted by Crippen LogP contribution is 2.15. The lowest BCUT2D eigenvalue weighted by Crippen LogP contribution is -2.54. The number of piperazine rings is 1. The largest absolute Gasteiger partial charge is 0.339 e. The minimum Gasteiger partial charge on any atom is -0.339 e. The van der Waals surface area contributed by atoms with Gasteiger partial charge in [-0.2, -0.15) is 0 Å². The first-order valence-corrected chi connectivity index (χ1v) is 8.44. The second kappa shape index (κ2) is 7.04. The molecule has 2 heterocycles. The number of hydrogen-bond acceptors (Lipinski definition) is 4. The van der Waals surface area contributed by atoms with Crippen molar-refractivity contribution >= 4 is 21.8 Å². The lowest BCUT2D eigenvalue weighted by molar-refractivity contribution is -0.134. The van der Waals surface area contributed by atoms with Gasteiger partial charge in [0.2, 0.25) is 5.91 Å². The number of hydrazine groups is 1. The molecule has 0 aliphatic carbocycles. The molecule has 1 amide bonds. The molecule has 0 radical (unpaired) electrons. The third-order valence-electron chi connectivity index (χ3n) is 4.22. The van der Waals surface area contributed by atoms with Gasteiger partial charge in [0.1, 0.15) is 11.9 Å². The number of halogens is 2. The van der Waals surface area contributed by atoms with E-state index in [1.807, 2.05) is 17.0 Å². The van der Waals surface area contributed by atoms with Gasteiger partial charge in [-0.3, -0.25) is 15.1 Å². The third kappa shape index (κ3) is 3.48. The molecule has 0 aromatic heterocycles. The van der Waals surface area contributed by atoms with Crippen LogP contribution >= 0.6 is 15.9 Å². The summed E-state index contributed by atoms with van der Waals surface area (Å²) in [6, 6.07) is 6.65. The number of carbonyl (C=O) groups is 1. The smallest absolute Gasteiger partial charge is 0.242 e. The molecule has 2 unspecified atom stereocenters. The van der Waals surface area contributed by atoms with E-state index in [9.17, 15) is 9.18 Å². The molecule has 2 saturated heterocycles. The highest BCUT2D eigenvalue weighted by atomic mass is 79.9. The van der Waals surface area contributed by atoms with Gasteiger partial charge in [-0.1, -0.05) is 34.1 Å². The molecular weight excluding hydrogens is 351 g/mol. The number of nitrogens with one attached hydrogen (secondary N) is 2. The quantitative estimate of drug-likeness (QED) is 0.769. The van der Waals surface area contributed by atoms with Crippen molar-refractivity contribution < 1.29 is 9.18 Å². The molecule has 5 nitrogen and oxygen atoms in total. The van der Waals surface area contributed by atoms with E-state index in [0.29, 0.717) is 25.2 Å². The number of benzene rings is 1. The van der Waals surface area contributed by atoms with Crippen molar-refractivity contribution in [3.8, 4) is 0 Å². The molecule has 1 aromatic carbocycles. The predicted molar refractivity (Wildman–Crippen MR) is 85.9 cm³/mol. The Morgan fingerprint density at radius 3 is 2.64 bits per heavy atom. The first-order valence-electron chi connectivity index (χ1n) is 7.52. The van der Waals surface area contributed by atoms with Crippen LogP contribution in [0.25, 0.3) is 0 Å². The Kier molecular flexibility index (Phi) is 5.07. The van der Waals surface area contributed by atoms with E-state index in [4.69, 9.17) is 0 Å². The number of rotatable bonds is 3. The Balaban J connectivity index is 1.52. The molecule has 3 rings (SSSR count). The van der Waals surface area contributed by atoms with E-state index in [0.717, 1.165) is 19.6 Å². The van der Waals surface area contributed by atoms with Gasteiger partial charge in [0.05, 0.1) is 4.83 Å². The number of nitrogens with zero attached hydrogens (tertiary/aromatic N) is 2. The molecule has 120 valence electrons. The maximum absolute atomic E-state index is 13.7. The zero-order valence-electron chi connectivity index (χ0n) is 12.3. The number of carbonyl (C=O) groups excluding carboxylic acids is 1. The van der Waals surface area contributed by atoms with Crippen molar-refractivity contribution in [1.29, 1.82) is 0 Å². The topological polar surface area (TPSA) is 47.6 Å². The van der Waals surface area contributed by atoms with E-state index >= 15 is 0 Å². The summed E-state index contributed by atoms with van der Waals surface area (Å²) in [4.78, 5) is 16.6. The Morgan fingerprint density at radius 2 is 2.00 bits per heavy atom. The summed E-state index contributed by atoms with van der Waals surface area (Å²) in [5.74, 6) is -0.0400. The summed E-state index contributed by atoms with van der Waals surface area (Å²) >= 11 is 3.51. The molecular formula is C15H20BrFN4O. The van der Waals surface area contributed by atoms with Crippen LogP contribution in [0, 0.1) is 5.82 Å². The fourth-order valence-corrected chi connectivity index (χ4v) is 3.40. The van der Waals surface area contributed by atoms with Crippen molar-refractivity contribution in [2.24, 2.45) is 0 Å². The maximum Gasteiger partial charge on any atom is 0.242 e. The molecule has 1 aromatic rings. The summed E-state index contributed by atoms with van der Waals surface area (Å²) in [5.41, 5.74) is 6.72. The highest BCUT2D eigenvalue weighted by molar-refractivity contribution is 9.09. The van der Waals surface area contributed by atoms with Crippen LogP contribution in [0.4, 0.5) is 4.39 Å². The second-order valence-electron chi connectivity index (χ2n) is 5.71. The van der Waals surface area contributed by atoms with E-state index in [1.54, 1.807) is 6.07 Å². The van der Waals surface area contributed by atoms with Crippen LogP contribution in [0.5, 0.6) is 0 Å². The molecule has 22 heavy (non-hydrogen) atoms. The lowest BCUT2D eigenvalue weighted by Gasteiger charge is -2.36. The maximum atomic E-state index is 13.7. The van der Waals surface area contributed by atoms with Crippen molar-refractivity contribution in [3.63, 3.8) is 0 Å². The van der Waals surface area contributed by atoms with Gasteiger partial charge in [-0.15, -0.1) is 0 Å². The zero-order valence-corrected chi connectivity index (χ0v) is 13.9. The molecule has 0 spiro atoms. The Labute approximate surface area is 137 Å². The van der Waals surface area contributed by atoms with Gasteiger partial charge in [0, 0.05) is 44.8 Å². The monoisotopic (exact) mass is 370 g/mol. The van der Waals surface area contributed by atoms with Gasteiger partial charge >= 0.3 is 0 Å². The average Bonchev–Trinajstić information content (AvgIpc) is 2.96. The van der Waals surface area contributed by atoms with Crippen molar-refractivity contribution in [3.05, 3.63) is 35.6 Å². The van der Waals surface area contributed by atoms with Crippen LogP contribution in [-0.2, 0) is 11.3 Å². The molecule has 2 aliphatic rings. The summed E-state index contributed by atoms with van der Waals surface area (Å²) in [6.07, 6.45) is 0. The van der Waals surface area contributed by atoms with Gasteiger partial charge in [-0.05, 0) is 6.07 Å². The minimum atomic E-state index is -0.210. The molecule has 7 heteroatoms. The van der Waals surface area contributed by atoms with E-state index in [1.165, 1.54) is 6.07 Å². The van der Waals surface area contributed by atoms with Crippen LogP contribution in [-0.4, -0.2) is 59.3 Å². The van der Waals surface area contributed by atoms with Crippen molar-refractivity contribution in [2.45, 2.75) is 17.4 Å². The van der Waals surface area contributed by atoms with Crippen LogP contribution in [0.2, 0.25) is 0 Å². The fourth-order valence-electron chi connectivity index (χ4n) is 2.88. The van der Waals surface area contributed by atoms with Gasteiger partial charge < -0.3 is 4.90 Å². The SMILES string of the molecule is O=C(C1NNCC1Br)N1CCN(Cc2ccccc2F)CC1. The number of alkyl halides is 1. The van der Waals surface area contributed by atoms with Gasteiger partial charge in [-0.25, -0.2) is 9.82 Å². The van der Waals surface area contributed by atoms with Crippen molar-refractivity contribution in [1.82, 2.24) is 20.7 Å². The minimum absolute atomic E-state index is 0.122. The Morgan fingerprint density at radius 1 is 1.27 bits per heavy atom. The Hall–Kier alpha value is -1.02. The molecule has 0 bridgehead atoms. The summed E-state index contributed by atoms with van der Waals surface area (Å²) < 4.78 is 13.7. The van der Waals surface area contributed by atoms with Crippen molar-refractivity contribution in [2.75, 3.05) is 32.7 Å². The first-order chi connectivity index (χ1) is 10.6. The molecule has 0 saturated carbocycles.